The second-order valence-corrected chi connectivity index (χ2v) is 6.59. The molecule has 0 saturated carbocycles. The standard InChI is InChI=1S/C17H19NO3S/c1-3-21-17(20)14-10(2)18-11-6-4-7-12(19)15(11)16(14)13-8-5-9-22-13/h5,8-9,14,16H,3-4,6-7H2,1-2H3/t14?,16-/m1/s1. The van der Waals surface area contributed by atoms with Crippen LogP contribution in [0.5, 0.6) is 0 Å². The fraction of sp³-hybridized carbons (Fsp3) is 0.471. The Morgan fingerprint density at radius 1 is 1.45 bits per heavy atom. The van der Waals surface area contributed by atoms with Gasteiger partial charge in [-0.25, -0.2) is 0 Å². The van der Waals surface area contributed by atoms with E-state index in [4.69, 9.17) is 4.74 Å². The molecular weight excluding hydrogens is 298 g/mol. The second kappa shape index (κ2) is 6.16. The molecule has 0 amide bonds. The van der Waals surface area contributed by atoms with Gasteiger partial charge in [-0.15, -0.1) is 11.3 Å². The van der Waals surface area contributed by atoms with Gasteiger partial charge in [0.1, 0.15) is 5.92 Å². The van der Waals surface area contributed by atoms with Gasteiger partial charge in [0.15, 0.2) is 5.78 Å². The first kappa shape index (κ1) is 15.2. The van der Waals surface area contributed by atoms with E-state index >= 15 is 0 Å². The van der Waals surface area contributed by atoms with Gasteiger partial charge >= 0.3 is 5.97 Å². The highest BCUT2D eigenvalue weighted by Crippen LogP contribution is 2.44. The molecule has 1 aliphatic carbocycles. The summed E-state index contributed by atoms with van der Waals surface area (Å²) in [6, 6.07) is 3.95. The molecule has 0 spiro atoms. The Morgan fingerprint density at radius 2 is 2.27 bits per heavy atom. The number of allylic oxidation sites excluding steroid dienone is 2. The number of esters is 1. The lowest BCUT2D eigenvalue weighted by molar-refractivity contribution is -0.146. The normalized spacial score (nSPS) is 24.8. The number of nitrogens with zero attached hydrogens (tertiary/aromatic N) is 1. The van der Waals surface area contributed by atoms with E-state index < -0.39 is 5.92 Å². The van der Waals surface area contributed by atoms with E-state index in [1.165, 1.54) is 0 Å². The van der Waals surface area contributed by atoms with Crippen molar-refractivity contribution in [2.75, 3.05) is 6.61 Å². The Balaban J connectivity index is 2.11. The maximum Gasteiger partial charge on any atom is 0.315 e. The van der Waals surface area contributed by atoms with Gasteiger partial charge in [0.05, 0.1) is 6.61 Å². The maximum absolute atomic E-state index is 12.5. The van der Waals surface area contributed by atoms with Crippen LogP contribution in [0.2, 0.25) is 0 Å². The van der Waals surface area contributed by atoms with E-state index in [1.54, 1.807) is 18.3 Å². The first-order valence-corrected chi connectivity index (χ1v) is 8.53. The number of carbonyl (C=O) groups is 2. The van der Waals surface area contributed by atoms with Crippen molar-refractivity contribution in [1.29, 1.82) is 0 Å². The van der Waals surface area contributed by atoms with Crippen LogP contribution in [0.1, 0.15) is 43.9 Å². The lowest BCUT2D eigenvalue weighted by Gasteiger charge is -2.33. The molecule has 0 aromatic carbocycles. The minimum Gasteiger partial charge on any atom is -0.465 e. The molecule has 2 heterocycles. The summed E-state index contributed by atoms with van der Waals surface area (Å²) in [5, 5.41) is 1.98. The quantitative estimate of drug-likeness (QED) is 0.802. The lowest BCUT2D eigenvalue weighted by atomic mass is 9.74. The van der Waals surface area contributed by atoms with Crippen molar-refractivity contribution >= 4 is 28.8 Å². The summed E-state index contributed by atoms with van der Waals surface area (Å²) in [6.07, 6.45) is 2.20. The number of Topliss-reactive ketones (excluding diaryl/α,β-unsaturated/α-hetero) is 1. The minimum atomic E-state index is -0.487. The molecule has 5 heteroatoms. The highest BCUT2D eigenvalue weighted by molar-refractivity contribution is 7.10. The molecule has 1 unspecified atom stereocenters. The van der Waals surface area contributed by atoms with Crippen molar-refractivity contribution < 1.29 is 14.3 Å². The summed E-state index contributed by atoms with van der Waals surface area (Å²) in [7, 11) is 0. The zero-order valence-electron chi connectivity index (χ0n) is 12.8. The van der Waals surface area contributed by atoms with Crippen LogP contribution in [0.4, 0.5) is 0 Å². The lowest BCUT2D eigenvalue weighted by Crippen LogP contribution is -2.36. The molecule has 2 aliphatic rings. The number of hydrogen-bond donors (Lipinski definition) is 0. The zero-order chi connectivity index (χ0) is 15.7. The molecule has 2 atom stereocenters. The molecule has 0 saturated heterocycles. The smallest absolute Gasteiger partial charge is 0.315 e. The van der Waals surface area contributed by atoms with Crippen molar-refractivity contribution in [2.45, 2.75) is 39.0 Å². The molecule has 116 valence electrons. The number of rotatable bonds is 3. The molecule has 1 aromatic rings. The molecule has 22 heavy (non-hydrogen) atoms. The Bertz CT molecular complexity index is 657. The summed E-state index contributed by atoms with van der Waals surface area (Å²) in [5.41, 5.74) is 2.36. The predicted molar refractivity (Wildman–Crippen MR) is 86.2 cm³/mol. The Morgan fingerprint density at radius 3 is 2.95 bits per heavy atom. The van der Waals surface area contributed by atoms with E-state index in [2.05, 4.69) is 4.99 Å². The van der Waals surface area contributed by atoms with Crippen molar-refractivity contribution in [2.24, 2.45) is 10.9 Å². The fourth-order valence-electron chi connectivity index (χ4n) is 3.32. The van der Waals surface area contributed by atoms with Gasteiger partial charge in [-0.1, -0.05) is 6.07 Å². The van der Waals surface area contributed by atoms with Crippen LogP contribution in [0.25, 0.3) is 0 Å². The van der Waals surface area contributed by atoms with Crippen molar-refractivity contribution in [3.63, 3.8) is 0 Å². The van der Waals surface area contributed by atoms with E-state index in [0.29, 0.717) is 13.0 Å². The molecule has 3 rings (SSSR count). The highest BCUT2D eigenvalue weighted by atomic mass is 32.1. The summed E-state index contributed by atoms with van der Waals surface area (Å²) in [4.78, 5) is 30.6. The largest absolute Gasteiger partial charge is 0.465 e. The van der Waals surface area contributed by atoms with Crippen LogP contribution in [-0.2, 0) is 14.3 Å². The molecule has 0 N–H and O–H groups in total. The van der Waals surface area contributed by atoms with Gasteiger partial charge in [0.2, 0.25) is 0 Å². The van der Waals surface area contributed by atoms with Crippen molar-refractivity contribution in [3.8, 4) is 0 Å². The van der Waals surface area contributed by atoms with Crippen LogP contribution in [0.3, 0.4) is 0 Å². The summed E-state index contributed by atoms with van der Waals surface area (Å²) in [6.45, 7) is 3.99. The van der Waals surface area contributed by atoms with Gasteiger partial charge in [0.25, 0.3) is 0 Å². The third-order valence-electron chi connectivity index (χ3n) is 4.22. The number of ether oxygens (including phenoxy) is 1. The van der Waals surface area contributed by atoms with Gasteiger partial charge in [-0.3, -0.25) is 14.6 Å². The third kappa shape index (κ3) is 2.54. The van der Waals surface area contributed by atoms with Gasteiger partial charge in [-0.05, 0) is 38.1 Å². The number of aliphatic imine (C=N–C) groups is 1. The average molecular weight is 317 g/mol. The number of hydrogen-bond acceptors (Lipinski definition) is 5. The fourth-order valence-corrected chi connectivity index (χ4v) is 4.19. The van der Waals surface area contributed by atoms with Gasteiger partial charge in [0, 0.05) is 34.2 Å². The molecule has 0 bridgehead atoms. The minimum absolute atomic E-state index is 0.130. The molecular formula is C17H19NO3S. The van der Waals surface area contributed by atoms with Gasteiger partial charge < -0.3 is 4.74 Å². The van der Waals surface area contributed by atoms with Crippen molar-refractivity contribution in [3.05, 3.63) is 33.7 Å². The molecule has 1 aromatic heterocycles. The average Bonchev–Trinajstić information content (AvgIpc) is 3.00. The Hall–Kier alpha value is -1.75. The predicted octanol–water partition coefficient (Wildman–Crippen LogP) is 3.49. The summed E-state index contributed by atoms with van der Waals surface area (Å²) >= 11 is 1.58. The van der Waals surface area contributed by atoms with E-state index in [1.807, 2.05) is 24.4 Å². The second-order valence-electron chi connectivity index (χ2n) is 5.61. The first-order valence-electron chi connectivity index (χ1n) is 7.65. The molecule has 4 nitrogen and oxygen atoms in total. The topological polar surface area (TPSA) is 55.7 Å². The SMILES string of the molecule is CCOC(=O)C1C(C)=NC2=C(C(=O)CCC2)[C@@H]1c1cccs1. The highest BCUT2D eigenvalue weighted by Gasteiger charge is 2.43. The van der Waals surface area contributed by atoms with Gasteiger partial charge in [-0.2, -0.15) is 0 Å². The monoisotopic (exact) mass is 317 g/mol. The van der Waals surface area contributed by atoms with Crippen LogP contribution in [0, 0.1) is 5.92 Å². The van der Waals surface area contributed by atoms with E-state index in [0.717, 1.165) is 34.7 Å². The number of thiophene rings is 1. The molecule has 1 aliphatic heterocycles. The third-order valence-corrected chi connectivity index (χ3v) is 5.18. The molecule has 0 radical (unpaired) electrons. The summed E-state index contributed by atoms with van der Waals surface area (Å²) < 4.78 is 5.25. The zero-order valence-corrected chi connectivity index (χ0v) is 13.6. The van der Waals surface area contributed by atoms with Crippen LogP contribution in [0.15, 0.2) is 33.8 Å². The van der Waals surface area contributed by atoms with E-state index in [-0.39, 0.29) is 17.7 Å². The van der Waals surface area contributed by atoms with E-state index in [9.17, 15) is 9.59 Å². The van der Waals surface area contributed by atoms with Crippen molar-refractivity contribution in [1.82, 2.24) is 0 Å². The Labute approximate surface area is 133 Å². The Kier molecular flexibility index (Phi) is 4.25. The van der Waals surface area contributed by atoms with Crippen LogP contribution >= 0.6 is 11.3 Å². The van der Waals surface area contributed by atoms with Crippen LogP contribution in [-0.4, -0.2) is 24.1 Å². The number of carbonyl (C=O) groups excluding carboxylic acids is 2. The summed E-state index contributed by atoms with van der Waals surface area (Å²) in [5.74, 6) is -0.879. The first-order chi connectivity index (χ1) is 10.6. The van der Waals surface area contributed by atoms with Crippen LogP contribution < -0.4 is 0 Å². The maximum atomic E-state index is 12.5. The number of ketones is 1. The molecule has 0 fully saturated rings.